The molecule has 2 rings (SSSR count). The van der Waals surface area contributed by atoms with E-state index < -0.39 is 11.7 Å². The molecule has 0 bridgehead atoms. The molecule has 0 spiro atoms. The van der Waals surface area contributed by atoms with Crippen LogP contribution < -0.4 is 0 Å². The van der Waals surface area contributed by atoms with Gasteiger partial charge in [0.2, 0.25) is 0 Å². The number of alkyl halides is 3. The molecule has 0 aliphatic carbocycles. The highest BCUT2D eigenvalue weighted by Crippen LogP contribution is 2.30. The van der Waals surface area contributed by atoms with Crippen molar-refractivity contribution in [2.24, 2.45) is 0 Å². The summed E-state index contributed by atoms with van der Waals surface area (Å²) >= 11 is 8.89. The maximum atomic E-state index is 12.6. The van der Waals surface area contributed by atoms with E-state index in [9.17, 15) is 13.2 Å². The van der Waals surface area contributed by atoms with Crippen molar-refractivity contribution in [2.45, 2.75) is 12.6 Å². The molecule has 1 heterocycles. The number of halogens is 5. The first-order valence-corrected chi connectivity index (χ1v) is 6.37. The molecule has 0 amide bonds. The molecule has 0 unspecified atom stereocenters. The molecule has 19 heavy (non-hydrogen) atoms. The van der Waals surface area contributed by atoms with Crippen LogP contribution in [0.1, 0.15) is 16.8 Å². The van der Waals surface area contributed by atoms with Crippen LogP contribution in [0.2, 0.25) is 5.15 Å². The van der Waals surface area contributed by atoms with Gasteiger partial charge in [-0.25, -0.2) is 0 Å². The smallest absolute Gasteiger partial charge is 0.166 e. The topological polar surface area (TPSA) is 25.8 Å². The Morgan fingerprint density at radius 2 is 1.89 bits per heavy atom. The normalized spacial score (nSPS) is 11.6. The first-order valence-electron chi connectivity index (χ1n) is 5.20. The van der Waals surface area contributed by atoms with Crippen molar-refractivity contribution in [3.05, 3.63) is 56.8 Å². The minimum Gasteiger partial charge on any atom is -0.166 e. The van der Waals surface area contributed by atoms with Crippen LogP contribution in [0.15, 0.2) is 34.8 Å². The SMILES string of the molecule is FC(F)(F)c1cccc(Cc2cc(Br)c(Cl)nn2)c1. The van der Waals surface area contributed by atoms with Gasteiger partial charge in [0, 0.05) is 6.42 Å². The van der Waals surface area contributed by atoms with E-state index in [1.165, 1.54) is 6.07 Å². The van der Waals surface area contributed by atoms with Crippen LogP contribution in [0.3, 0.4) is 0 Å². The predicted molar refractivity (Wildman–Crippen MR) is 69.0 cm³/mol. The summed E-state index contributed by atoms with van der Waals surface area (Å²) in [5, 5.41) is 7.74. The van der Waals surface area contributed by atoms with Crippen molar-refractivity contribution < 1.29 is 13.2 Å². The average molecular weight is 352 g/mol. The Morgan fingerprint density at radius 3 is 2.53 bits per heavy atom. The molecular weight excluding hydrogens is 344 g/mol. The van der Waals surface area contributed by atoms with Crippen molar-refractivity contribution in [1.82, 2.24) is 10.2 Å². The third-order valence-electron chi connectivity index (χ3n) is 2.40. The van der Waals surface area contributed by atoms with Gasteiger partial charge in [0.25, 0.3) is 0 Å². The molecule has 0 atom stereocenters. The second-order valence-corrected chi connectivity index (χ2v) is 5.06. The van der Waals surface area contributed by atoms with Gasteiger partial charge in [-0.3, -0.25) is 0 Å². The molecule has 0 saturated carbocycles. The van der Waals surface area contributed by atoms with Crippen LogP contribution >= 0.6 is 27.5 Å². The van der Waals surface area contributed by atoms with E-state index in [1.807, 2.05) is 0 Å². The Labute approximate surface area is 120 Å². The third kappa shape index (κ3) is 3.67. The summed E-state index contributed by atoms with van der Waals surface area (Å²) in [4.78, 5) is 0. The van der Waals surface area contributed by atoms with Crippen molar-refractivity contribution in [2.75, 3.05) is 0 Å². The maximum absolute atomic E-state index is 12.6. The van der Waals surface area contributed by atoms with Gasteiger partial charge >= 0.3 is 6.18 Å². The molecule has 0 saturated heterocycles. The number of rotatable bonds is 2. The number of hydrogen-bond acceptors (Lipinski definition) is 2. The fraction of sp³-hybridized carbons (Fsp3) is 0.167. The summed E-state index contributed by atoms with van der Waals surface area (Å²) < 4.78 is 38.3. The van der Waals surface area contributed by atoms with Crippen LogP contribution in [0, 0.1) is 0 Å². The minimum absolute atomic E-state index is 0.216. The monoisotopic (exact) mass is 350 g/mol. The van der Waals surface area contributed by atoms with Gasteiger partial charge in [-0.05, 0) is 33.6 Å². The molecule has 7 heteroatoms. The summed E-state index contributed by atoms with van der Waals surface area (Å²) in [7, 11) is 0. The fourth-order valence-corrected chi connectivity index (χ4v) is 1.98. The molecular formula is C12H7BrClF3N2. The largest absolute Gasteiger partial charge is 0.416 e. The van der Waals surface area contributed by atoms with Gasteiger partial charge in [-0.15, -0.1) is 5.10 Å². The van der Waals surface area contributed by atoms with Crippen molar-refractivity contribution in [1.29, 1.82) is 0 Å². The molecule has 0 N–H and O–H groups in total. The second-order valence-electron chi connectivity index (χ2n) is 3.85. The highest BCUT2D eigenvalue weighted by molar-refractivity contribution is 9.10. The van der Waals surface area contributed by atoms with Crippen LogP contribution in [-0.4, -0.2) is 10.2 Å². The minimum atomic E-state index is -4.34. The first-order chi connectivity index (χ1) is 8.86. The van der Waals surface area contributed by atoms with E-state index in [2.05, 4.69) is 26.1 Å². The van der Waals surface area contributed by atoms with Crippen LogP contribution in [0.25, 0.3) is 0 Å². The van der Waals surface area contributed by atoms with E-state index in [0.717, 1.165) is 12.1 Å². The van der Waals surface area contributed by atoms with Gasteiger partial charge in [0.15, 0.2) is 5.15 Å². The lowest BCUT2D eigenvalue weighted by Crippen LogP contribution is -2.05. The summed E-state index contributed by atoms with van der Waals surface area (Å²) in [5.41, 5.74) is 0.375. The number of nitrogens with zero attached hydrogens (tertiary/aromatic N) is 2. The Balaban J connectivity index is 2.26. The molecule has 0 radical (unpaired) electrons. The van der Waals surface area contributed by atoms with Gasteiger partial charge < -0.3 is 0 Å². The average Bonchev–Trinajstić information content (AvgIpc) is 2.33. The Kier molecular flexibility index (Phi) is 4.10. The highest BCUT2D eigenvalue weighted by atomic mass is 79.9. The van der Waals surface area contributed by atoms with Crippen LogP contribution in [0.5, 0.6) is 0 Å². The zero-order valence-corrected chi connectivity index (χ0v) is 11.7. The Hall–Kier alpha value is -1.14. The molecule has 100 valence electrons. The molecule has 0 aliphatic heterocycles. The lowest BCUT2D eigenvalue weighted by molar-refractivity contribution is -0.137. The number of benzene rings is 1. The maximum Gasteiger partial charge on any atom is 0.416 e. The predicted octanol–water partition coefficient (Wildman–Crippen LogP) is 4.50. The van der Waals surface area contributed by atoms with Crippen LogP contribution in [0.4, 0.5) is 13.2 Å². The number of aromatic nitrogens is 2. The summed E-state index contributed by atoms with van der Waals surface area (Å²) in [6.45, 7) is 0. The second kappa shape index (κ2) is 5.46. The third-order valence-corrected chi connectivity index (χ3v) is 3.51. The Bertz CT molecular complexity index is 602. The van der Waals surface area contributed by atoms with Gasteiger partial charge in [0.05, 0.1) is 15.7 Å². The van der Waals surface area contributed by atoms with E-state index in [1.54, 1.807) is 12.1 Å². The van der Waals surface area contributed by atoms with Crippen LogP contribution in [-0.2, 0) is 12.6 Å². The van der Waals surface area contributed by atoms with Gasteiger partial charge in [0.1, 0.15) is 0 Å². The standard InChI is InChI=1S/C12H7BrClF3N2/c13-10-6-9(18-19-11(10)14)5-7-2-1-3-8(4-7)12(15,16)17/h1-4,6H,5H2. The Morgan fingerprint density at radius 1 is 1.16 bits per heavy atom. The number of hydrogen-bond donors (Lipinski definition) is 0. The molecule has 0 fully saturated rings. The van der Waals surface area contributed by atoms with E-state index in [-0.39, 0.29) is 11.6 Å². The summed E-state index contributed by atoms with van der Waals surface area (Å²) in [5.74, 6) is 0. The zero-order chi connectivity index (χ0) is 14.0. The molecule has 1 aromatic heterocycles. The fourth-order valence-electron chi connectivity index (χ4n) is 1.54. The molecule has 2 aromatic rings. The first kappa shape index (κ1) is 14.3. The molecule has 0 aliphatic rings. The van der Waals surface area contributed by atoms with E-state index in [0.29, 0.717) is 15.7 Å². The summed E-state index contributed by atoms with van der Waals surface area (Å²) in [6.07, 6.45) is -4.09. The van der Waals surface area contributed by atoms with E-state index >= 15 is 0 Å². The molecule has 2 nitrogen and oxygen atoms in total. The molecule has 1 aromatic carbocycles. The van der Waals surface area contributed by atoms with Crippen molar-refractivity contribution in [3.63, 3.8) is 0 Å². The van der Waals surface area contributed by atoms with E-state index in [4.69, 9.17) is 11.6 Å². The quantitative estimate of drug-likeness (QED) is 0.796. The van der Waals surface area contributed by atoms with Crippen molar-refractivity contribution in [3.8, 4) is 0 Å². The van der Waals surface area contributed by atoms with Gasteiger partial charge in [-0.2, -0.15) is 18.3 Å². The zero-order valence-electron chi connectivity index (χ0n) is 9.38. The summed E-state index contributed by atoms with van der Waals surface area (Å²) in [6, 6.07) is 6.75. The van der Waals surface area contributed by atoms with Crippen molar-refractivity contribution >= 4 is 27.5 Å². The highest BCUT2D eigenvalue weighted by Gasteiger charge is 2.30. The van der Waals surface area contributed by atoms with Gasteiger partial charge in [-0.1, -0.05) is 29.8 Å². The lowest BCUT2D eigenvalue weighted by atomic mass is 10.1. The lowest BCUT2D eigenvalue weighted by Gasteiger charge is -2.08.